The van der Waals surface area contributed by atoms with Gasteiger partial charge < -0.3 is 14.5 Å². The Bertz CT molecular complexity index is 842. The molecule has 2 atom stereocenters. The van der Waals surface area contributed by atoms with Crippen molar-refractivity contribution in [3.8, 4) is 5.75 Å². The first-order valence-electron chi connectivity index (χ1n) is 11.5. The number of nitrogens with one attached hydrogen (secondary N) is 1. The van der Waals surface area contributed by atoms with E-state index in [2.05, 4.69) is 23.5 Å². The van der Waals surface area contributed by atoms with E-state index in [0.717, 1.165) is 45.3 Å². The van der Waals surface area contributed by atoms with Gasteiger partial charge in [0.2, 0.25) is 10.0 Å². The number of hydrogen-bond acceptors (Lipinski definition) is 5. The Hall–Kier alpha value is -1.64. The molecule has 7 nitrogen and oxygen atoms in total. The molecule has 3 rings (SSSR count). The zero-order valence-corrected chi connectivity index (χ0v) is 19.9. The zero-order chi connectivity index (χ0) is 22.4. The lowest BCUT2D eigenvalue weighted by Crippen LogP contribution is -2.40. The number of amides is 1. The molecule has 0 bridgehead atoms. The molecule has 8 heteroatoms. The minimum atomic E-state index is -3.69. The summed E-state index contributed by atoms with van der Waals surface area (Å²) in [6.45, 7) is 9.38. The van der Waals surface area contributed by atoms with Gasteiger partial charge in [0.1, 0.15) is 5.75 Å². The molecule has 1 amide bonds. The van der Waals surface area contributed by atoms with Gasteiger partial charge in [0, 0.05) is 32.7 Å². The van der Waals surface area contributed by atoms with Crippen molar-refractivity contribution in [3.63, 3.8) is 0 Å². The highest BCUT2D eigenvalue weighted by Crippen LogP contribution is 2.25. The molecule has 31 heavy (non-hydrogen) atoms. The van der Waals surface area contributed by atoms with Gasteiger partial charge in [-0.15, -0.1) is 0 Å². The number of benzene rings is 1. The number of nitrogens with zero attached hydrogens (tertiary/aromatic N) is 2. The minimum Gasteiger partial charge on any atom is -0.496 e. The van der Waals surface area contributed by atoms with Gasteiger partial charge in [-0.1, -0.05) is 13.8 Å². The molecule has 2 aliphatic heterocycles. The SMILES string of the molecule is COc1ccc(S(=O)(=O)NCCCN2CC(C)CC(C)C2)cc1C(=O)N1CCCCC1. The lowest BCUT2D eigenvalue weighted by atomic mass is 9.92. The van der Waals surface area contributed by atoms with Crippen LogP contribution < -0.4 is 9.46 Å². The summed E-state index contributed by atoms with van der Waals surface area (Å²) in [7, 11) is -2.19. The van der Waals surface area contributed by atoms with Crippen molar-refractivity contribution in [2.45, 2.75) is 50.8 Å². The first kappa shape index (κ1) is 24.0. The van der Waals surface area contributed by atoms with E-state index < -0.39 is 10.0 Å². The monoisotopic (exact) mass is 451 g/mol. The second-order valence-corrected chi connectivity index (χ2v) is 10.9. The number of carbonyl (C=O) groups is 1. The Labute approximate surface area is 187 Å². The molecule has 2 heterocycles. The summed E-state index contributed by atoms with van der Waals surface area (Å²) in [4.78, 5) is 17.3. The molecule has 174 valence electrons. The number of likely N-dealkylation sites (tertiary alicyclic amines) is 2. The van der Waals surface area contributed by atoms with Crippen LogP contribution in [0.25, 0.3) is 0 Å². The lowest BCUT2D eigenvalue weighted by molar-refractivity contribution is 0.0720. The Balaban J connectivity index is 1.61. The quantitative estimate of drug-likeness (QED) is 0.615. The van der Waals surface area contributed by atoms with Crippen LogP contribution in [0.1, 0.15) is 56.3 Å². The van der Waals surface area contributed by atoms with E-state index in [1.54, 1.807) is 11.0 Å². The molecule has 0 spiro atoms. The molecule has 0 saturated carbocycles. The number of piperidine rings is 2. The van der Waals surface area contributed by atoms with Gasteiger partial charge >= 0.3 is 0 Å². The molecule has 2 aliphatic rings. The van der Waals surface area contributed by atoms with E-state index in [0.29, 0.717) is 42.8 Å². The highest BCUT2D eigenvalue weighted by molar-refractivity contribution is 7.89. The van der Waals surface area contributed by atoms with Crippen molar-refractivity contribution in [1.29, 1.82) is 0 Å². The van der Waals surface area contributed by atoms with Crippen LogP contribution in [0.2, 0.25) is 0 Å². The van der Waals surface area contributed by atoms with Gasteiger partial charge in [-0.3, -0.25) is 4.79 Å². The van der Waals surface area contributed by atoms with Crippen LogP contribution in [0.5, 0.6) is 5.75 Å². The number of rotatable bonds is 8. The van der Waals surface area contributed by atoms with E-state index >= 15 is 0 Å². The molecule has 0 aliphatic carbocycles. The van der Waals surface area contributed by atoms with Crippen LogP contribution >= 0.6 is 0 Å². The standard InChI is InChI=1S/C23H37N3O4S/c1-18-14-19(2)17-25(16-18)11-7-10-24-31(28,29)20-8-9-22(30-3)21(15-20)23(27)26-12-5-4-6-13-26/h8-9,15,18-19,24H,4-7,10-14,16-17H2,1-3H3. The van der Waals surface area contributed by atoms with Gasteiger partial charge in [0.25, 0.3) is 5.91 Å². The van der Waals surface area contributed by atoms with E-state index in [-0.39, 0.29) is 10.8 Å². The number of hydrogen-bond donors (Lipinski definition) is 1. The molecule has 1 aromatic rings. The maximum Gasteiger partial charge on any atom is 0.257 e. The number of ether oxygens (including phenoxy) is 1. The normalized spacial score (nSPS) is 23.0. The van der Waals surface area contributed by atoms with Crippen molar-refractivity contribution >= 4 is 15.9 Å². The van der Waals surface area contributed by atoms with Crippen LogP contribution in [0.3, 0.4) is 0 Å². The molecule has 2 fully saturated rings. The van der Waals surface area contributed by atoms with E-state index in [4.69, 9.17) is 4.74 Å². The summed E-state index contributed by atoms with van der Waals surface area (Å²) >= 11 is 0. The summed E-state index contributed by atoms with van der Waals surface area (Å²) in [5.41, 5.74) is 0.309. The Kier molecular flexibility index (Phi) is 8.36. The second kappa shape index (κ2) is 10.8. The Morgan fingerprint density at radius 3 is 2.45 bits per heavy atom. The third-order valence-electron chi connectivity index (χ3n) is 6.24. The highest BCUT2D eigenvalue weighted by Gasteiger charge is 2.25. The van der Waals surface area contributed by atoms with Crippen molar-refractivity contribution < 1.29 is 17.9 Å². The Morgan fingerprint density at radius 2 is 1.81 bits per heavy atom. The molecule has 2 unspecified atom stereocenters. The summed E-state index contributed by atoms with van der Waals surface area (Å²) in [6.07, 6.45) is 5.09. The summed E-state index contributed by atoms with van der Waals surface area (Å²) < 4.78 is 33.7. The number of methoxy groups -OCH3 is 1. The van der Waals surface area contributed by atoms with Crippen molar-refractivity contribution in [3.05, 3.63) is 23.8 Å². The van der Waals surface area contributed by atoms with Crippen LogP contribution in [-0.4, -0.2) is 70.5 Å². The smallest absolute Gasteiger partial charge is 0.257 e. The molecular formula is C23H37N3O4S. The topological polar surface area (TPSA) is 79.0 Å². The lowest BCUT2D eigenvalue weighted by Gasteiger charge is -2.34. The fourth-order valence-electron chi connectivity index (χ4n) is 4.86. The summed E-state index contributed by atoms with van der Waals surface area (Å²) in [5, 5.41) is 0. The number of sulfonamides is 1. The average Bonchev–Trinajstić information content (AvgIpc) is 2.75. The molecule has 0 radical (unpaired) electrons. The van der Waals surface area contributed by atoms with E-state index in [9.17, 15) is 13.2 Å². The molecule has 1 N–H and O–H groups in total. The molecular weight excluding hydrogens is 414 g/mol. The second-order valence-electron chi connectivity index (χ2n) is 9.17. The average molecular weight is 452 g/mol. The third kappa shape index (κ3) is 6.43. The van der Waals surface area contributed by atoms with Crippen LogP contribution in [0.15, 0.2) is 23.1 Å². The summed E-state index contributed by atoms with van der Waals surface area (Å²) in [6, 6.07) is 4.52. The Morgan fingerprint density at radius 1 is 1.13 bits per heavy atom. The van der Waals surface area contributed by atoms with Gasteiger partial charge in [-0.2, -0.15) is 0 Å². The highest BCUT2D eigenvalue weighted by atomic mass is 32.2. The van der Waals surface area contributed by atoms with Gasteiger partial charge in [0.15, 0.2) is 0 Å². The van der Waals surface area contributed by atoms with Crippen molar-refractivity contribution in [2.75, 3.05) is 46.4 Å². The molecule has 2 saturated heterocycles. The van der Waals surface area contributed by atoms with Crippen LogP contribution in [0, 0.1) is 11.8 Å². The third-order valence-corrected chi connectivity index (χ3v) is 7.70. The predicted molar refractivity (Wildman–Crippen MR) is 122 cm³/mol. The maximum absolute atomic E-state index is 13.0. The van der Waals surface area contributed by atoms with E-state index in [1.807, 2.05) is 0 Å². The largest absolute Gasteiger partial charge is 0.496 e. The summed E-state index contributed by atoms with van der Waals surface area (Å²) in [5.74, 6) is 1.62. The zero-order valence-electron chi connectivity index (χ0n) is 19.1. The maximum atomic E-state index is 13.0. The first-order chi connectivity index (χ1) is 14.8. The minimum absolute atomic E-state index is 0.105. The van der Waals surface area contributed by atoms with Crippen LogP contribution in [0.4, 0.5) is 0 Å². The van der Waals surface area contributed by atoms with Crippen LogP contribution in [-0.2, 0) is 10.0 Å². The van der Waals surface area contributed by atoms with Crippen molar-refractivity contribution in [2.24, 2.45) is 11.8 Å². The molecule has 0 aromatic heterocycles. The van der Waals surface area contributed by atoms with E-state index in [1.165, 1.54) is 25.7 Å². The predicted octanol–water partition coefficient (Wildman–Crippen LogP) is 2.97. The van der Waals surface area contributed by atoms with Crippen molar-refractivity contribution in [1.82, 2.24) is 14.5 Å². The van der Waals surface area contributed by atoms with Gasteiger partial charge in [0.05, 0.1) is 17.6 Å². The first-order valence-corrected chi connectivity index (χ1v) is 13.0. The molecule has 1 aromatic carbocycles. The van der Waals surface area contributed by atoms with Gasteiger partial charge in [-0.05, 0) is 68.7 Å². The fourth-order valence-corrected chi connectivity index (χ4v) is 5.96. The number of carbonyl (C=O) groups excluding carboxylic acids is 1. The van der Waals surface area contributed by atoms with Gasteiger partial charge in [-0.25, -0.2) is 13.1 Å². The fraction of sp³-hybridized carbons (Fsp3) is 0.696.